The number of aromatic nitrogens is 1. The van der Waals surface area contributed by atoms with E-state index >= 15 is 0 Å². The van der Waals surface area contributed by atoms with E-state index in [0.29, 0.717) is 11.5 Å². The lowest BCUT2D eigenvalue weighted by molar-refractivity contribution is -0.113. The van der Waals surface area contributed by atoms with Gasteiger partial charge in [0.05, 0.1) is 11.9 Å². The van der Waals surface area contributed by atoms with Crippen molar-refractivity contribution < 1.29 is 9.21 Å². The van der Waals surface area contributed by atoms with Gasteiger partial charge in [0.2, 0.25) is 5.91 Å². The molecular formula is C18H15ClN2O2S. The lowest BCUT2D eigenvalue weighted by Gasteiger charge is -2.06. The molecule has 1 heterocycles. The van der Waals surface area contributed by atoms with Gasteiger partial charge < -0.3 is 9.73 Å². The van der Waals surface area contributed by atoms with E-state index in [2.05, 4.69) is 10.3 Å². The van der Waals surface area contributed by atoms with Gasteiger partial charge in [-0.05, 0) is 42.0 Å². The minimum absolute atomic E-state index is 0.0265. The van der Waals surface area contributed by atoms with Crippen LogP contribution in [0, 0.1) is 0 Å². The first-order chi connectivity index (χ1) is 11.7. The monoisotopic (exact) mass is 358 g/mol. The van der Waals surface area contributed by atoms with Gasteiger partial charge in [0, 0.05) is 22.0 Å². The first kappa shape index (κ1) is 16.6. The number of carbonyl (C=O) groups is 1. The second-order valence-electron chi connectivity index (χ2n) is 5.11. The third-order valence-corrected chi connectivity index (χ3v) is 4.56. The van der Waals surface area contributed by atoms with E-state index in [1.807, 2.05) is 48.5 Å². The summed E-state index contributed by atoms with van der Waals surface area (Å²) in [5, 5.41) is 3.60. The molecule has 2 aromatic carbocycles. The molecule has 1 N–H and O–H groups in total. The van der Waals surface area contributed by atoms with E-state index in [-0.39, 0.29) is 5.91 Å². The second kappa shape index (κ2) is 8.04. The van der Waals surface area contributed by atoms with E-state index in [1.165, 1.54) is 6.39 Å². The molecule has 3 aromatic rings. The van der Waals surface area contributed by atoms with Gasteiger partial charge in [0.25, 0.3) is 0 Å². The van der Waals surface area contributed by atoms with Crippen LogP contribution in [-0.2, 0) is 10.5 Å². The van der Waals surface area contributed by atoms with Crippen molar-refractivity contribution in [3.05, 3.63) is 71.7 Å². The Morgan fingerprint density at radius 2 is 1.88 bits per heavy atom. The van der Waals surface area contributed by atoms with E-state index in [0.717, 1.165) is 27.6 Å². The zero-order valence-corrected chi connectivity index (χ0v) is 14.3. The van der Waals surface area contributed by atoms with Crippen LogP contribution < -0.4 is 5.32 Å². The zero-order chi connectivity index (χ0) is 16.8. The molecule has 0 unspecified atom stereocenters. The lowest BCUT2D eigenvalue weighted by atomic mass is 10.2. The molecule has 0 spiro atoms. The average Bonchev–Trinajstić information content (AvgIpc) is 3.12. The maximum atomic E-state index is 12.0. The van der Waals surface area contributed by atoms with Crippen LogP contribution in [0.15, 0.2) is 65.5 Å². The summed E-state index contributed by atoms with van der Waals surface area (Å²) in [7, 11) is 0. The van der Waals surface area contributed by atoms with Crippen molar-refractivity contribution >= 4 is 35.0 Å². The van der Waals surface area contributed by atoms with Crippen molar-refractivity contribution in [1.29, 1.82) is 0 Å². The highest BCUT2D eigenvalue weighted by Crippen LogP contribution is 2.21. The zero-order valence-electron chi connectivity index (χ0n) is 12.7. The average molecular weight is 359 g/mol. The highest BCUT2D eigenvalue weighted by atomic mass is 35.5. The molecule has 0 aliphatic carbocycles. The Morgan fingerprint density at radius 1 is 1.12 bits per heavy atom. The molecule has 0 radical (unpaired) electrons. The van der Waals surface area contributed by atoms with Crippen LogP contribution in [0.5, 0.6) is 0 Å². The fourth-order valence-corrected chi connectivity index (χ4v) is 3.03. The van der Waals surface area contributed by atoms with Crippen LogP contribution in [0.2, 0.25) is 5.02 Å². The van der Waals surface area contributed by atoms with E-state index in [9.17, 15) is 4.79 Å². The molecule has 0 aliphatic rings. The maximum Gasteiger partial charge on any atom is 0.234 e. The molecule has 24 heavy (non-hydrogen) atoms. The Morgan fingerprint density at radius 3 is 2.54 bits per heavy atom. The Labute approximate surface area is 149 Å². The summed E-state index contributed by atoms with van der Waals surface area (Å²) in [5.41, 5.74) is 2.83. The van der Waals surface area contributed by atoms with Crippen LogP contribution in [0.4, 0.5) is 5.69 Å². The fourth-order valence-electron chi connectivity index (χ4n) is 2.12. The number of hydrogen-bond acceptors (Lipinski definition) is 4. The van der Waals surface area contributed by atoms with Crippen LogP contribution in [0.1, 0.15) is 5.56 Å². The molecule has 3 rings (SSSR count). The number of anilines is 1. The number of nitrogens with zero attached hydrogens (tertiary/aromatic N) is 1. The summed E-state index contributed by atoms with van der Waals surface area (Å²) in [6.07, 6.45) is 3.05. The van der Waals surface area contributed by atoms with Gasteiger partial charge in [-0.3, -0.25) is 4.79 Å². The number of amides is 1. The van der Waals surface area contributed by atoms with Gasteiger partial charge >= 0.3 is 0 Å². The molecule has 0 fully saturated rings. The number of benzene rings is 2. The van der Waals surface area contributed by atoms with Crippen molar-refractivity contribution in [2.24, 2.45) is 0 Å². The molecule has 0 saturated heterocycles. The minimum Gasteiger partial charge on any atom is -0.444 e. The Hall–Kier alpha value is -2.24. The molecular weight excluding hydrogens is 344 g/mol. The largest absolute Gasteiger partial charge is 0.444 e. The summed E-state index contributed by atoms with van der Waals surface area (Å²) in [5.74, 6) is 1.84. The predicted molar refractivity (Wildman–Crippen MR) is 98.2 cm³/mol. The minimum atomic E-state index is -0.0265. The Bertz CT molecular complexity index is 787. The van der Waals surface area contributed by atoms with E-state index in [4.69, 9.17) is 16.0 Å². The van der Waals surface area contributed by atoms with Gasteiger partial charge in [0.1, 0.15) is 0 Å². The predicted octanol–water partition coefficient (Wildman–Crippen LogP) is 4.87. The normalized spacial score (nSPS) is 10.5. The topological polar surface area (TPSA) is 55.1 Å². The number of oxazole rings is 1. The number of nitrogens with one attached hydrogen (secondary N) is 1. The van der Waals surface area contributed by atoms with E-state index in [1.54, 1.807) is 18.0 Å². The van der Waals surface area contributed by atoms with Crippen LogP contribution in [0.3, 0.4) is 0 Å². The fraction of sp³-hybridized carbons (Fsp3) is 0.111. The molecule has 0 atom stereocenters. The summed E-state index contributed by atoms with van der Waals surface area (Å²) in [6, 6.07) is 15.1. The maximum absolute atomic E-state index is 12.0. The highest BCUT2D eigenvalue weighted by Gasteiger charge is 2.05. The van der Waals surface area contributed by atoms with Crippen molar-refractivity contribution in [2.45, 2.75) is 5.75 Å². The quantitative estimate of drug-likeness (QED) is 0.683. The number of thioether (sulfide) groups is 1. The molecule has 6 heteroatoms. The molecule has 0 aliphatic heterocycles. The van der Waals surface area contributed by atoms with Crippen molar-refractivity contribution in [2.75, 3.05) is 11.1 Å². The smallest absolute Gasteiger partial charge is 0.234 e. The molecule has 0 saturated carbocycles. The summed E-state index contributed by atoms with van der Waals surface area (Å²) in [6.45, 7) is 0. The third-order valence-electron chi connectivity index (χ3n) is 3.30. The van der Waals surface area contributed by atoms with Crippen molar-refractivity contribution in [1.82, 2.24) is 4.98 Å². The molecule has 122 valence electrons. The number of rotatable bonds is 6. The molecule has 1 aromatic heterocycles. The molecule has 0 bridgehead atoms. The highest BCUT2D eigenvalue weighted by molar-refractivity contribution is 7.99. The van der Waals surface area contributed by atoms with Gasteiger partial charge in [-0.15, -0.1) is 11.8 Å². The van der Waals surface area contributed by atoms with Gasteiger partial charge in [0.15, 0.2) is 12.2 Å². The molecule has 4 nitrogen and oxygen atoms in total. The molecule has 1 amide bonds. The van der Waals surface area contributed by atoms with Gasteiger partial charge in [-0.1, -0.05) is 23.7 Å². The van der Waals surface area contributed by atoms with Crippen LogP contribution >= 0.6 is 23.4 Å². The van der Waals surface area contributed by atoms with E-state index < -0.39 is 0 Å². The number of hydrogen-bond donors (Lipinski definition) is 1. The summed E-state index contributed by atoms with van der Waals surface area (Å²) < 4.78 is 5.23. The van der Waals surface area contributed by atoms with Crippen molar-refractivity contribution in [3.63, 3.8) is 0 Å². The second-order valence-corrected chi connectivity index (χ2v) is 6.53. The first-order valence-electron chi connectivity index (χ1n) is 7.32. The van der Waals surface area contributed by atoms with Gasteiger partial charge in [-0.2, -0.15) is 0 Å². The van der Waals surface area contributed by atoms with Crippen molar-refractivity contribution in [3.8, 4) is 11.3 Å². The third kappa shape index (κ3) is 4.63. The lowest BCUT2D eigenvalue weighted by Crippen LogP contribution is -2.14. The summed E-state index contributed by atoms with van der Waals surface area (Å²) >= 11 is 7.41. The number of carbonyl (C=O) groups excluding carboxylic acids is 1. The van der Waals surface area contributed by atoms with Crippen LogP contribution in [0.25, 0.3) is 11.3 Å². The Kier molecular flexibility index (Phi) is 5.56. The summed E-state index contributed by atoms with van der Waals surface area (Å²) in [4.78, 5) is 15.9. The van der Waals surface area contributed by atoms with Gasteiger partial charge in [-0.25, -0.2) is 4.98 Å². The van der Waals surface area contributed by atoms with Crippen LogP contribution in [-0.4, -0.2) is 16.6 Å². The standard InChI is InChI=1S/C18H15ClN2O2S/c19-15-5-1-13(2-6-15)10-24-11-18(22)21-16-7-3-14(4-8-16)17-9-20-12-23-17/h1-9,12H,10-11H2,(H,21,22). The first-order valence-corrected chi connectivity index (χ1v) is 8.85. The Balaban J connectivity index is 1.47. The number of halogens is 1. The SMILES string of the molecule is O=C(CSCc1ccc(Cl)cc1)Nc1ccc(-c2cnco2)cc1.